The fourth-order valence-electron chi connectivity index (χ4n) is 7.24. The maximum absolute atomic E-state index is 13.0. The average Bonchev–Trinajstić information content (AvgIpc) is 3.25. The van der Waals surface area contributed by atoms with Crippen LogP contribution in [0.2, 0.25) is 10.0 Å². The molecule has 2 saturated carbocycles. The van der Waals surface area contributed by atoms with Crippen LogP contribution in [0.3, 0.4) is 0 Å². The zero-order valence-electron chi connectivity index (χ0n) is 32.2. The van der Waals surface area contributed by atoms with Gasteiger partial charge in [0.15, 0.2) is 11.6 Å². The van der Waals surface area contributed by atoms with Crippen molar-refractivity contribution in [3.05, 3.63) is 136 Å². The van der Waals surface area contributed by atoms with E-state index < -0.39 is 36.0 Å². The van der Waals surface area contributed by atoms with E-state index in [1.54, 1.807) is 80.1 Å². The van der Waals surface area contributed by atoms with Gasteiger partial charge < -0.3 is 18.9 Å². The Labute approximate surface area is 346 Å². The lowest BCUT2D eigenvalue weighted by Gasteiger charge is -2.43. The number of esters is 1. The minimum atomic E-state index is -1.21. The Balaban J connectivity index is 0.000000221. The lowest BCUT2D eigenvalue weighted by molar-refractivity contribution is -0.134. The van der Waals surface area contributed by atoms with Crippen molar-refractivity contribution < 1.29 is 42.9 Å². The number of pyridine rings is 2. The van der Waals surface area contributed by atoms with Crippen LogP contribution in [0.25, 0.3) is 5.76 Å². The Bertz CT molecular complexity index is 1960. The number of nitrogens with zero attached hydrogens (tertiary/aromatic N) is 4. The van der Waals surface area contributed by atoms with Gasteiger partial charge in [-0.1, -0.05) is 66.2 Å². The number of ketones is 2. The van der Waals surface area contributed by atoms with Gasteiger partial charge in [0, 0.05) is 78.5 Å². The molecule has 2 amide bonds. The summed E-state index contributed by atoms with van der Waals surface area (Å²) in [4.78, 5) is 73.8. The van der Waals surface area contributed by atoms with Crippen LogP contribution >= 0.6 is 23.2 Å². The van der Waals surface area contributed by atoms with E-state index >= 15 is 0 Å². The summed E-state index contributed by atoms with van der Waals surface area (Å²) < 4.78 is 20.8. The van der Waals surface area contributed by atoms with Gasteiger partial charge >= 0.3 is 18.2 Å². The molecule has 2 aliphatic rings. The molecule has 0 spiro atoms. The molecule has 2 fully saturated rings. The highest BCUT2D eigenvalue weighted by molar-refractivity contribution is 6.32. The number of amides is 2. The topological polar surface area (TPSA) is 155 Å². The molecule has 2 aromatic heterocycles. The number of carbonyl (C=O) groups excluding carboxylic acids is 5. The SMILES string of the molecule is C=C(OCOC(=O)N(C)C1(c2ccccc2Cl)CCCCC1=O)c1ccncc1.CN(C(=O)OCOC(=O)c1cccnc1)C1(c2ccccc2Cl)CCCCC1=O. The lowest BCUT2D eigenvalue weighted by Crippen LogP contribution is -2.54. The molecule has 0 saturated heterocycles. The number of halogens is 2. The van der Waals surface area contributed by atoms with Crippen LogP contribution < -0.4 is 0 Å². The lowest BCUT2D eigenvalue weighted by atomic mass is 9.74. The van der Waals surface area contributed by atoms with Gasteiger partial charge in [-0.3, -0.25) is 29.4 Å². The molecule has 4 aromatic rings. The summed E-state index contributed by atoms with van der Waals surface area (Å²) in [5.74, 6) is -0.442. The second kappa shape index (κ2) is 20.1. The monoisotopic (exact) mass is 830 g/mol. The number of ether oxygens (including phenoxy) is 4. The minimum absolute atomic E-state index is 0.0431. The second-order valence-electron chi connectivity index (χ2n) is 13.6. The van der Waals surface area contributed by atoms with Crippen molar-refractivity contribution in [2.75, 3.05) is 27.7 Å². The summed E-state index contributed by atoms with van der Waals surface area (Å²) in [6.45, 7) is 2.91. The summed E-state index contributed by atoms with van der Waals surface area (Å²) in [6, 6.07) is 20.7. The highest BCUT2D eigenvalue weighted by Gasteiger charge is 2.50. The quantitative estimate of drug-likeness (QED) is 0.0810. The van der Waals surface area contributed by atoms with Crippen molar-refractivity contribution in [1.29, 1.82) is 0 Å². The highest BCUT2D eigenvalue weighted by Crippen LogP contribution is 2.44. The number of rotatable bonds is 11. The van der Waals surface area contributed by atoms with E-state index in [1.165, 1.54) is 35.3 Å². The molecule has 2 atom stereocenters. The van der Waals surface area contributed by atoms with Crippen LogP contribution in [0, 0.1) is 0 Å². The van der Waals surface area contributed by atoms with E-state index in [0.717, 1.165) is 31.2 Å². The zero-order chi connectivity index (χ0) is 41.7. The molecule has 0 N–H and O–H groups in total. The first-order valence-corrected chi connectivity index (χ1v) is 19.4. The Morgan fingerprint density at radius 3 is 1.60 bits per heavy atom. The largest absolute Gasteiger partial charge is 0.457 e. The van der Waals surface area contributed by atoms with Crippen molar-refractivity contribution in [3.8, 4) is 0 Å². The third-order valence-corrected chi connectivity index (χ3v) is 11.0. The predicted molar refractivity (Wildman–Crippen MR) is 215 cm³/mol. The van der Waals surface area contributed by atoms with E-state index in [0.29, 0.717) is 52.6 Å². The standard InChI is InChI=1S/C22H23ClN2O4.C21H21ClN2O5/c1-16(17-10-13-24-14-11-17)28-15-29-21(27)25(2)22(12-6-5-9-20(22)26)18-7-3-4-8-19(18)23;1-24(20(27)29-14-28-19(26)15-7-6-12-23-13-15)21(11-5-4-10-18(21)25)16-8-2-3-9-17(16)22/h3-4,7-8,10-11,13-14H,1,5-6,9,12,15H2,2H3;2-3,6-9,12-13H,4-5,10-11,14H2,1H3. The van der Waals surface area contributed by atoms with Crippen molar-refractivity contribution >= 4 is 58.7 Å². The second-order valence-corrected chi connectivity index (χ2v) is 14.4. The number of hydrogen-bond donors (Lipinski definition) is 0. The third kappa shape index (κ3) is 9.66. The molecule has 304 valence electrons. The molecule has 2 aromatic carbocycles. The normalized spacial score (nSPS) is 18.8. The van der Waals surface area contributed by atoms with Crippen LogP contribution in [0.4, 0.5) is 9.59 Å². The molecule has 15 heteroatoms. The molecule has 13 nitrogen and oxygen atoms in total. The molecular weight excluding hydrogens is 787 g/mol. The van der Waals surface area contributed by atoms with Gasteiger partial charge in [0.25, 0.3) is 0 Å². The summed E-state index contributed by atoms with van der Waals surface area (Å²) in [5.41, 5.74) is -0.186. The number of Topliss-reactive ketones (excluding diaryl/α,β-unsaturated/α-hetero) is 2. The predicted octanol–water partition coefficient (Wildman–Crippen LogP) is 8.74. The van der Waals surface area contributed by atoms with Gasteiger partial charge in [0.1, 0.15) is 16.8 Å². The molecule has 2 heterocycles. The van der Waals surface area contributed by atoms with Crippen LogP contribution in [0.5, 0.6) is 0 Å². The third-order valence-electron chi connectivity index (χ3n) is 10.3. The summed E-state index contributed by atoms with van der Waals surface area (Å²) in [7, 11) is 3.06. The van der Waals surface area contributed by atoms with Crippen molar-refractivity contribution in [2.24, 2.45) is 0 Å². The molecular formula is C43H44Cl2N4O9. The maximum atomic E-state index is 13.0. The van der Waals surface area contributed by atoms with Gasteiger partial charge in [-0.15, -0.1) is 0 Å². The van der Waals surface area contributed by atoms with Crippen LogP contribution in [-0.4, -0.2) is 77.2 Å². The maximum Gasteiger partial charge on any atom is 0.413 e. The molecule has 2 unspecified atom stereocenters. The van der Waals surface area contributed by atoms with Gasteiger partial charge in [-0.25, -0.2) is 14.4 Å². The first-order chi connectivity index (χ1) is 27.9. The molecule has 0 radical (unpaired) electrons. The fraction of sp³-hybridized carbons (Fsp3) is 0.326. The smallest absolute Gasteiger partial charge is 0.413 e. The summed E-state index contributed by atoms with van der Waals surface area (Å²) in [6.07, 6.45) is 9.47. The summed E-state index contributed by atoms with van der Waals surface area (Å²) >= 11 is 12.8. The number of aromatic nitrogens is 2. The van der Waals surface area contributed by atoms with Crippen LogP contribution in [0.15, 0.2) is 104 Å². The first kappa shape index (κ1) is 43.3. The molecule has 0 aliphatic heterocycles. The Morgan fingerprint density at radius 1 is 0.638 bits per heavy atom. The number of likely N-dealkylation sites (N-methyl/N-ethyl adjacent to an activating group) is 2. The Hall–Kier alpha value is -5.79. The Morgan fingerprint density at radius 2 is 1.14 bits per heavy atom. The number of benzene rings is 2. The average molecular weight is 832 g/mol. The van der Waals surface area contributed by atoms with E-state index in [9.17, 15) is 24.0 Å². The van der Waals surface area contributed by atoms with E-state index in [2.05, 4.69) is 16.5 Å². The van der Waals surface area contributed by atoms with E-state index in [-0.39, 0.29) is 23.9 Å². The number of carbonyl (C=O) groups is 5. The molecule has 0 bridgehead atoms. The van der Waals surface area contributed by atoms with Gasteiger partial charge in [0.2, 0.25) is 13.6 Å². The highest BCUT2D eigenvalue weighted by atomic mass is 35.5. The van der Waals surface area contributed by atoms with Gasteiger partial charge in [-0.05, 0) is 74.9 Å². The molecule has 6 rings (SSSR count). The molecule has 58 heavy (non-hydrogen) atoms. The zero-order valence-corrected chi connectivity index (χ0v) is 33.7. The molecule has 2 aliphatic carbocycles. The minimum Gasteiger partial charge on any atom is -0.457 e. The van der Waals surface area contributed by atoms with E-state index in [4.69, 9.17) is 42.1 Å². The van der Waals surface area contributed by atoms with Crippen molar-refractivity contribution in [1.82, 2.24) is 19.8 Å². The van der Waals surface area contributed by atoms with Crippen LogP contribution in [0.1, 0.15) is 78.4 Å². The summed E-state index contributed by atoms with van der Waals surface area (Å²) in [5, 5.41) is 0.857. The van der Waals surface area contributed by atoms with Gasteiger partial charge in [0.05, 0.1) is 5.56 Å². The Kier molecular flexibility index (Phi) is 15.0. The first-order valence-electron chi connectivity index (χ1n) is 18.6. The van der Waals surface area contributed by atoms with Crippen LogP contribution in [-0.2, 0) is 39.6 Å². The number of hydrogen-bond acceptors (Lipinski definition) is 11. The fourth-order valence-corrected chi connectivity index (χ4v) is 7.82. The van der Waals surface area contributed by atoms with E-state index in [1.807, 2.05) is 6.07 Å². The van der Waals surface area contributed by atoms with Crippen molar-refractivity contribution in [2.45, 2.75) is 62.4 Å². The van der Waals surface area contributed by atoms with Crippen molar-refractivity contribution in [3.63, 3.8) is 0 Å². The van der Waals surface area contributed by atoms with Gasteiger partial charge in [-0.2, -0.15) is 0 Å².